The molecule has 0 radical (unpaired) electrons. The van der Waals surface area contributed by atoms with E-state index in [4.69, 9.17) is 0 Å². The van der Waals surface area contributed by atoms with Crippen molar-refractivity contribution in [3.8, 4) is 0 Å². The first kappa shape index (κ1) is 12.2. The summed E-state index contributed by atoms with van der Waals surface area (Å²) in [5.41, 5.74) is 2.47. The van der Waals surface area contributed by atoms with Gasteiger partial charge in [0.1, 0.15) is 0 Å². The van der Waals surface area contributed by atoms with Gasteiger partial charge in [0.2, 0.25) is 0 Å². The van der Waals surface area contributed by atoms with Gasteiger partial charge in [-0.1, -0.05) is 31.2 Å². The Morgan fingerprint density at radius 1 is 1.17 bits per heavy atom. The Hall–Kier alpha value is -0.900. The third-order valence-corrected chi connectivity index (χ3v) is 4.49. The lowest BCUT2D eigenvalue weighted by molar-refractivity contribution is 0.0288. The molecule has 0 aromatic heterocycles. The minimum absolute atomic E-state index is 0.293. The zero-order valence-electron chi connectivity index (χ0n) is 11.0. The van der Waals surface area contributed by atoms with Crippen LogP contribution in [0.4, 0.5) is 0 Å². The van der Waals surface area contributed by atoms with Gasteiger partial charge in [0, 0.05) is 32.2 Å². The van der Waals surface area contributed by atoms with Gasteiger partial charge in [-0.3, -0.25) is 4.90 Å². The van der Waals surface area contributed by atoms with Crippen LogP contribution in [0.15, 0.2) is 24.3 Å². The summed E-state index contributed by atoms with van der Waals surface area (Å²) in [5, 5.41) is 10.5. The van der Waals surface area contributed by atoms with Crippen molar-refractivity contribution in [1.29, 1.82) is 0 Å². The van der Waals surface area contributed by atoms with Gasteiger partial charge in [-0.25, -0.2) is 0 Å². The lowest BCUT2D eigenvalue weighted by Gasteiger charge is -2.38. The fourth-order valence-electron chi connectivity index (χ4n) is 3.29. The monoisotopic (exact) mass is 246 g/mol. The molecule has 3 heteroatoms. The van der Waals surface area contributed by atoms with E-state index >= 15 is 0 Å². The fourth-order valence-corrected chi connectivity index (χ4v) is 3.29. The van der Waals surface area contributed by atoms with Crippen LogP contribution in [-0.4, -0.2) is 53.7 Å². The second-order valence-electron chi connectivity index (χ2n) is 5.39. The minimum atomic E-state index is -0.297. The summed E-state index contributed by atoms with van der Waals surface area (Å²) >= 11 is 0. The molecular weight excluding hydrogens is 224 g/mol. The van der Waals surface area contributed by atoms with E-state index in [0.29, 0.717) is 6.04 Å². The van der Waals surface area contributed by atoms with Crippen LogP contribution >= 0.6 is 0 Å². The normalized spacial score (nSPS) is 29.4. The molecule has 2 atom stereocenters. The molecule has 98 valence electrons. The predicted octanol–water partition coefficient (Wildman–Crippen LogP) is 1.28. The van der Waals surface area contributed by atoms with E-state index in [0.717, 1.165) is 44.7 Å². The van der Waals surface area contributed by atoms with Crippen molar-refractivity contribution in [3.05, 3.63) is 35.4 Å². The number of aliphatic hydroxyl groups is 1. The molecule has 1 aromatic rings. The van der Waals surface area contributed by atoms with E-state index < -0.39 is 0 Å². The second-order valence-corrected chi connectivity index (χ2v) is 5.39. The summed E-state index contributed by atoms with van der Waals surface area (Å²) in [6.45, 7) is 7.80. The molecule has 18 heavy (non-hydrogen) atoms. The Labute approximate surface area is 109 Å². The average molecular weight is 246 g/mol. The molecule has 2 aliphatic rings. The van der Waals surface area contributed by atoms with Gasteiger partial charge in [0.15, 0.2) is 0 Å². The van der Waals surface area contributed by atoms with Gasteiger partial charge in [-0.2, -0.15) is 0 Å². The molecule has 3 nitrogen and oxygen atoms in total. The number of hydrogen-bond acceptors (Lipinski definition) is 3. The number of hydrogen-bond donors (Lipinski definition) is 1. The smallest absolute Gasteiger partial charge is 0.0951 e. The third-order valence-electron chi connectivity index (χ3n) is 4.49. The summed E-state index contributed by atoms with van der Waals surface area (Å²) < 4.78 is 0. The van der Waals surface area contributed by atoms with Gasteiger partial charge < -0.3 is 10.0 Å². The Morgan fingerprint density at radius 2 is 1.89 bits per heavy atom. The lowest BCUT2D eigenvalue weighted by Crippen LogP contribution is -2.51. The van der Waals surface area contributed by atoms with Gasteiger partial charge in [0.25, 0.3) is 0 Å². The highest BCUT2D eigenvalue weighted by molar-refractivity contribution is 5.35. The standard InChI is InChI=1S/C15H22N2O/c1-2-16-7-9-17(10-8-16)14-11-12-5-3-4-6-13(12)15(14)18/h3-6,14-15,18H,2,7-11H2,1H3. The Balaban J connectivity index is 1.69. The zero-order valence-corrected chi connectivity index (χ0v) is 11.0. The lowest BCUT2D eigenvalue weighted by atomic mass is 10.1. The van der Waals surface area contributed by atoms with Gasteiger partial charge >= 0.3 is 0 Å². The summed E-state index contributed by atoms with van der Waals surface area (Å²) in [6, 6.07) is 8.62. The van der Waals surface area contributed by atoms with Crippen molar-refractivity contribution in [2.75, 3.05) is 32.7 Å². The average Bonchev–Trinajstić information content (AvgIpc) is 2.77. The van der Waals surface area contributed by atoms with Crippen molar-refractivity contribution < 1.29 is 5.11 Å². The molecule has 1 heterocycles. The Bertz CT molecular complexity index is 413. The van der Waals surface area contributed by atoms with Crippen molar-refractivity contribution >= 4 is 0 Å². The molecule has 1 aliphatic carbocycles. The maximum Gasteiger partial charge on any atom is 0.0951 e. The van der Waals surface area contributed by atoms with Crippen molar-refractivity contribution in [3.63, 3.8) is 0 Å². The van der Waals surface area contributed by atoms with Crippen LogP contribution in [0.1, 0.15) is 24.2 Å². The van der Waals surface area contributed by atoms with Gasteiger partial charge in [-0.15, -0.1) is 0 Å². The van der Waals surface area contributed by atoms with Crippen LogP contribution in [0.5, 0.6) is 0 Å². The van der Waals surface area contributed by atoms with E-state index in [-0.39, 0.29) is 6.10 Å². The van der Waals surface area contributed by atoms with E-state index in [2.05, 4.69) is 34.9 Å². The van der Waals surface area contributed by atoms with Gasteiger partial charge in [0.05, 0.1) is 6.10 Å². The summed E-state index contributed by atoms with van der Waals surface area (Å²) in [7, 11) is 0. The summed E-state index contributed by atoms with van der Waals surface area (Å²) in [5.74, 6) is 0. The molecule has 0 bridgehead atoms. The maximum absolute atomic E-state index is 10.5. The molecule has 3 rings (SSSR count). The van der Waals surface area contributed by atoms with Crippen LogP contribution in [0.2, 0.25) is 0 Å². The number of fused-ring (bicyclic) bond motifs is 1. The Morgan fingerprint density at radius 3 is 2.56 bits per heavy atom. The quantitative estimate of drug-likeness (QED) is 0.851. The molecule has 1 N–H and O–H groups in total. The van der Waals surface area contributed by atoms with E-state index in [1.165, 1.54) is 5.56 Å². The molecule has 0 spiro atoms. The molecule has 0 amide bonds. The topological polar surface area (TPSA) is 26.7 Å². The number of rotatable bonds is 2. The van der Waals surface area contributed by atoms with E-state index in [1.807, 2.05) is 6.07 Å². The summed E-state index contributed by atoms with van der Waals surface area (Å²) in [6.07, 6.45) is 0.707. The molecule has 2 unspecified atom stereocenters. The molecule has 1 fully saturated rings. The molecular formula is C15H22N2O. The summed E-state index contributed by atoms with van der Waals surface area (Å²) in [4.78, 5) is 4.95. The first-order valence-corrected chi connectivity index (χ1v) is 7.02. The fraction of sp³-hybridized carbons (Fsp3) is 0.600. The molecule has 1 aliphatic heterocycles. The van der Waals surface area contributed by atoms with Crippen LogP contribution < -0.4 is 0 Å². The van der Waals surface area contributed by atoms with Crippen LogP contribution in [0, 0.1) is 0 Å². The predicted molar refractivity (Wildman–Crippen MR) is 72.6 cm³/mol. The highest BCUT2D eigenvalue weighted by Gasteiger charge is 2.35. The first-order chi connectivity index (χ1) is 8.79. The van der Waals surface area contributed by atoms with Crippen molar-refractivity contribution in [2.45, 2.75) is 25.5 Å². The van der Waals surface area contributed by atoms with Crippen LogP contribution in [0.25, 0.3) is 0 Å². The van der Waals surface area contributed by atoms with Crippen molar-refractivity contribution in [1.82, 2.24) is 9.80 Å². The molecule has 1 aromatic carbocycles. The second kappa shape index (κ2) is 5.00. The van der Waals surface area contributed by atoms with Crippen LogP contribution in [-0.2, 0) is 6.42 Å². The molecule has 1 saturated heterocycles. The maximum atomic E-state index is 10.5. The van der Waals surface area contributed by atoms with Crippen LogP contribution in [0.3, 0.4) is 0 Å². The molecule has 0 saturated carbocycles. The zero-order chi connectivity index (χ0) is 12.5. The highest BCUT2D eigenvalue weighted by atomic mass is 16.3. The minimum Gasteiger partial charge on any atom is -0.387 e. The number of likely N-dealkylation sites (N-methyl/N-ethyl adjacent to an activating group) is 1. The Kier molecular flexibility index (Phi) is 3.37. The SMILES string of the molecule is CCN1CCN(C2Cc3ccccc3C2O)CC1. The first-order valence-electron chi connectivity index (χ1n) is 7.02. The van der Waals surface area contributed by atoms with E-state index in [9.17, 15) is 5.11 Å². The highest BCUT2D eigenvalue weighted by Crippen LogP contribution is 2.34. The van der Waals surface area contributed by atoms with Crippen molar-refractivity contribution in [2.24, 2.45) is 0 Å². The van der Waals surface area contributed by atoms with Gasteiger partial charge in [-0.05, 0) is 24.1 Å². The number of benzene rings is 1. The van der Waals surface area contributed by atoms with E-state index in [1.54, 1.807) is 0 Å². The number of nitrogens with zero attached hydrogens (tertiary/aromatic N) is 2. The number of aliphatic hydroxyl groups excluding tert-OH is 1. The largest absolute Gasteiger partial charge is 0.387 e. The third kappa shape index (κ3) is 2.07. The number of piperazine rings is 1.